The van der Waals surface area contributed by atoms with Gasteiger partial charge in [0.05, 0.1) is 6.61 Å². The van der Waals surface area contributed by atoms with Crippen molar-refractivity contribution in [1.29, 1.82) is 0 Å². The van der Waals surface area contributed by atoms with Gasteiger partial charge in [-0.1, -0.05) is 12.1 Å². The molecule has 1 aliphatic rings. The third-order valence-corrected chi connectivity index (χ3v) is 4.82. The van der Waals surface area contributed by atoms with Crippen LogP contribution in [0.25, 0.3) is 0 Å². The van der Waals surface area contributed by atoms with Crippen LogP contribution < -0.4 is 5.32 Å². The second-order valence-corrected chi connectivity index (χ2v) is 6.42. The second kappa shape index (κ2) is 7.18. The number of aliphatic hydroxyl groups is 1. The summed E-state index contributed by atoms with van der Waals surface area (Å²) < 4.78 is 18.4. The molecular formula is C19H22FNO3. The Balaban J connectivity index is 1.54. The van der Waals surface area contributed by atoms with Crippen molar-refractivity contribution in [2.75, 3.05) is 0 Å². The van der Waals surface area contributed by atoms with E-state index in [1.165, 1.54) is 12.1 Å². The molecule has 128 valence electrons. The van der Waals surface area contributed by atoms with Gasteiger partial charge in [0.15, 0.2) is 5.76 Å². The zero-order valence-electron chi connectivity index (χ0n) is 13.7. The predicted octanol–water partition coefficient (Wildman–Crippen LogP) is 3.68. The zero-order valence-corrected chi connectivity index (χ0v) is 13.7. The van der Waals surface area contributed by atoms with Crippen LogP contribution >= 0.6 is 0 Å². The van der Waals surface area contributed by atoms with E-state index in [0.29, 0.717) is 17.2 Å². The lowest BCUT2D eigenvalue weighted by Gasteiger charge is -2.29. The van der Waals surface area contributed by atoms with Crippen LogP contribution in [-0.2, 0) is 6.61 Å². The lowest BCUT2D eigenvalue weighted by atomic mass is 9.82. The second-order valence-electron chi connectivity index (χ2n) is 6.42. The van der Waals surface area contributed by atoms with Gasteiger partial charge >= 0.3 is 0 Å². The number of furan rings is 1. The number of rotatable bonds is 4. The molecule has 0 saturated heterocycles. The Morgan fingerprint density at radius 1 is 1.25 bits per heavy atom. The summed E-state index contributed by atoms with van der Waals surface area (Å²) in [6, 6.07) is 8.41. The van der Waals surface area contributed by atoms with Crippen LogP contribution in [0.15, 0.2) is 34.7 Å². The maximum atomic E-state index is 13.0. The van der Waals surface area contributed by atoms with Crippen LogP contribution in [0.5, 0.6) is 0 Å². The van der Waals surface area contributed by atoms with E-state index in [1.54, 1.807) is 13.0 Å². The van der Waals surface area contributed by atoms with E-state index in [2.05, 4.69) is 5.32 Å². The van der Waals surface area contributed by atoms with Crippen LogP contribution in [0.1, 0.15) is 59.0 Å². The average Bonchev–Trinajstić information content (AvgIpc) is 2.97. The fraction of sp³-hybridized carbons (Fsp3) is 0.421. The van der Waals surface area contributed by atoms with Crippen LogP contribution in [0.2, 0.25) is 0 Å². The lowest BCUT2D eigenvalue weighted by Crippen LogP contribution is -2.37. The van der Waals surface area contributed by atoms with Gasteiger partial charge in [-0.05, 0) is 62.3 Å². The first kappa shape index (κ1) is 16.7. The zero-order chi connectivity index (χ0) is 17.1. The van der Waals surface area contributed by atoms with Gasteiger partial charge in [0.2, 0.25) is 0 Å². The van der Waals surface area contributed by atoms with E-state index in [9.17, 15) is 14.3 Å². The molecule has 0 spiro atoms. The fourth-order valence-corrected chi connectivity index (χ4v) is 3.35. The summed E-state index contributed by atoms with van der Waals surface area (Å²) in [6.07, 6.45) is 3.71. The minimum atomic E-state index is -0.233. The first-order valence-electron chi connectivity index (χ1n) is 8.33. The molecule has 0 radical (unpaired) electrons. The Morgan fingerprint density at radius 2 is 1.92 bits per heavy atom. The van der Waals surface area contributed by atoms with Gasteiger partial charge in [-0.25, -0.2) is 4.39 Å². The van der Waals surface area contributed by atoms with Crippen molar-refractivity contribution in [2.24, 2.45) is 0 Å². The molecule has 4 nitrogen and oxygen atoms in total. The van der Waals surface area contributed by atoms with Gasteiger partial charge in [-0.15, -0.1) is 0 Å². The van der Waals surface area contributed by atoms with E-state index in [-0.39, 0.29) is 30.1 Å². The van der Waals surface area contributed by atoms with Crippen molar-refractivity contribution >= 4 is 5.91 Å². The number of benzene rings is 1. The summed E-state index contributed by atoms with van der Waals surface area (Å²) in [5.41, 5.74) is 1.80. The Hall–Kier alpha value is -2.14. The molecule has 2 aromatic rings. The van der Waals surface area contributed by atoms with Crippen molar-refractivity contribution in [2.45, 2.75) is 51.2 Å². The normalized spacial score (nSPS) is 20.8. The van der Waals surface area contributed by atoms with E-state index in [0.717, 1.165) is 31.2 Å². The standard InChI is InChI=1S/C19H22FNO3/c1-12-15(11-22)10-18(24-12)19(23)21-17-8-4-14(5-9-17)13-2-6-16(20)7-3-13/h2-3,6-7,10,14,17,22H,4-5,8-9,11H2,1H3,(H,21,23). The molecule has 0 aliphatic heterocycles. The number of amides is 1. The quantitative estimate of drug-likeness (QED) is 0.898. The van der Waals surface area contributed by atoms with Gasteiger partial charge in [-0.3, -0.25) is 4.79 Å². The molecule has 1 heterocycles. The smallest absolute Gasteiger partial charge is 0.287 e. The highest BCUT2D eigenvalue weighted by atomic mass is 19.1. The van der Waals surface area contributed by atoms with E-state index >= 15 is 0 Å². The fourth-order valence-electron chi connectivity index (χ4n) is 3.35. The molecule has 0 atom stereocenters. The van der Waals surface area contributed by atoms with Gasteiger partial charge in [-0.2, -0.15) is 0 Å². The number of hydrogen-bond acceptors (Lipinski definition) is 3. The molecular weight excluding hydrogens is 309 g/mol. The average molecular weight is 331 g/mol. The van der Waals surface area contributed by atoms with Gasteiger partial charge in [0, 0.05) is 11.6 Å². The first-order valence-corrected chi connectivity index (χ1v) is 8.33. The summed E-state index contributed by atoms with van der Waals surface area (Å²) in [5, 5.41) is 12.2. The number of aryl methyl sites for hydroxylation is 1. The van der Waals surface area contributed by atoms with Crippen LogP contribution in [0.4, 0.5) is 4.39 Å². The van der Waals surface area contributed by atoms with E-state index in [4.69, 9.17) is 4.42 Å². The predicted molar refractivity (Wildman–Crippen MR) is 88.2 cm³/mol. The molecule has 2 N–H and O–H groups in total. The highest BCUT2D eigenvalue weighted by molar-refractivity contribution is 5.92. The summed E-state index contributed by atoms with van der Waals surface area (Å²) in [6.45, 7) is 1.60. The van der Waals surface area contributed by atoms with Crippen molar-refractivity contribution < 1.29 is 18.7 Å². The number of halogens is 1. The van der Waals surface area contributed by atoms with Gasteiger partial charge in [0.25, 0.3) is 5.91 Å². The summed E-state index contributed by atoms with van der Waals surface area (Å²) >= 11 is 0. The number of hydrogen-bond donors (Lipinski definition) is 2. The van der Waals surface area contributed by atoms with Crippen molar-refractivity contribution in [1.82, 2.24) is 5.32 Å². The molecule has 0 unspecified atom stereocenters. The van der Waals surface area contributed by atoms with Gasteiger partial charge < -0.3 is 14.8 Å². The lowest BCUT2D eigenvalue weighted by molar-refractivity contribution is 0.0896. The minimum absolute atomic E-state index is 0.122. The monoisotopic (exact) mass is 331 g/mol. The summed E-state index contributed by atoms with van der Waals surface area (Å²) in [5.74, 6) is 0.796. The molecule has 3 rings (SSSR count). The largest absolute Gasteiger partial charge is 0.456 e. The molecule has 1 aliphatic carbocycles. The third kappa shape index (κ3) is 3.67. The number of carbonyl (C=O) groups is 1. The maximum absolute atomic E-state index is 13.0. The molecule has 0 bridgehead atoms. The molecule has 1 aromatic carbocycles. The SMILES string of the molecule is Cc1oc(C(=O)NC2CCC(c3ccc(F)cc3)CC2)cc1CO. The molecule has 1 amide bonds. The van der Waals surface area contributed by atoms with Crippen molar-refractivity contribution in [3.8, 4) is 0 Å². The number of aliphatic hydroxyl groups excluding tert-OH is 1. The first-order chi connectivity index (χ1) is 11.6. The maximum Gasteiger partial charge on any atom is 0.287 e. The number of carbonyl (C=O) groups excluding carboxylic acids is 1. The summed E-state index contributed by atoms with van der Waals surface area (Å²) in [4.78, 5) is 12.3. The highest BCUT2D eigenvalue weighted by Crippen LogP contribution is 2.33. The van der Waals surface area contributed by atoms with Crippen molar-refractivity contribution in [3.05, 3.63) is 58.8 Å². The molecule has 1 fully saturated rings. The van der Waals surface area contributed by atoms with Gasteiger partial charge in [0.1, 0.15) is 11.6 Å². The van der Waals surface area contributed by atoms with Crippen LogP contribution in [-0.4, -0.2) is 17.1 Å². The van der Waals surface area contributed by atoms with Crippen LogP contribution in [0, 0.1) is 12.7 Å². The topological polar surface area (TPSA) is 62.5 Å². The minimum Gasteiger partial charge on any atom is -0.456 e. The highest BCUT2D eigenvalue weighted by Gasteiger charge is 2.25. The summed E-state index contributed by atoms with van der Waals surface area (Å²) in [7, 11) is 0. The van der Waals surface area contributed by atoms with E-state index in [1.807, 2.05) is 12.1 Å². The Bertz CT molecular complexity index is 700. The Kier molecular flexibility index (Phi) is 5.00. The third-order valence-electron chi connectivity index (χ3n) is 4.82. The molecule has 1 saturated carbocycles. The molecule has 1 aromatic heterocycles. The molecule has 5 heteroatoms. The molecule has 24 heavy (non-hydrogen) atoms. The van der Waals surface area contributed by atoms with Crippen LogP contribution in [0.3, 0.4) is 0 Å². The van der Waals surface area contributed by atoms with E-state index < -0.39 is 0 Å². The Morgan fingerprint density at radius 3 is 2.50 bits per heavy atom. The Labute approximate surface area is 140 Å². The van der Waals surface area contributed by atoms with Crippen molar-refractivity contribution in [3.63, 3.8) is 0 Å². The number of nitrogens with one attached hydrogen (secondary N) is 1.